The lowest BCUT2D eigenvalue weighted by Crippen LogP contribution is -2.38. The van der Waals surface area contributed by atoms with Crippen LogP contribution in [0.3, 0.4) is 0 Å². The van der Waals surface area contributed by atoms with Gasteiger partial charge in [0.1, 0.15) is 0 Å². The molecular weight excluding hydrogens is 592 g/mol. The Hall–Kier alpha value is -2.18. The van der Waals surface area contributed by atoms with Gasteiger partial charge in [-0.3, -0.25) is 9.59 Å². The zero-order valence-corrected chi connectivity index (χ0v) is 24.3. The van der Waals surface area contributed by atoms with Gasteiger partial charge in [-0.2, -0.15) is 0 Å². The summed E-state index contributed by atoms with van der Waals surface area (Å²) >= 11 is 6.86. The molecule has 6 heteroatoms. The number of carbonyl (C=O) groups is 2. The van der Waals surface area contributed by atoms with E-state index in [1.54, 1.807) is 12.2 Å². The molecule has 2 N–H and O–H groups in total. The molecule has 37 heavy (non-hydrogen) atoms. The lowest BCUT2D eigenvalue weighted by atomic mass is 9.75. The number of benzene rings is 2. The van der Waals surface area contributed by atoms with Crippen molar-refractivity contribution in [3.8, 4) is 0 Å². The van der Waals surface area contributed by atoms with E-state index in [4.69, 9.17) is 0 Å². The Balaban J connectivity index is 1.10. The molecule has 0 radical (unpaired) electrons. The smallest absolute Gasteiger partial charge is 0.244 e. The first-order chi connectivity index (χ1) is 17.9. The highest BCUT2D eigenvalue weighted by molar-refractivity contribution is 9.10. The Morgan fingerprint density at radius 2 is 0.973 bits per heavy atom. The van der Waals surface area contributed by atoms with Gasteiger partial charge in [0.15, 0.2) is 0 Å². The van der Waals surface area contributed by atoms with E-state index < -0.39 is 0 Å². The van der Waals surface area contributed by atoms with Crippen molar-refractivity contribution in [1.29, 1.82) is 0 Å². The van der Waals surface area contributed by atoms with E-state index in [2.05, 4.69) is 42.5 Å². The van der Waals surface area contributed by atoms with Gasteiger partial charge in [-0.25, -0.2) is 0 Å². The van der Waals surface area contributed by atoms with E-state index in [-0.39, 0.29) is 23.9 Å². The van der Waals surface area contributed by atoms with Gasteiger partial charge >= 0.3 is 0 Å². The van der Waals surface area contributed by atoms with Gasteiger partial charge in [0.05, 0.1) is 0 Å². The number of hydrogen-bond donors (Lipinski definition) is 2. The van der Waals surface area contributed by atoms with Crippen LogP contribution in [-0.2, 0) is 9.59 Å². The third-order valence-corrected chi connectivity index (χ3v) is 8.70. The molecule has 0 unspecified atom stereocenters. The van der Waals surface area contributed by atoms with Gasteiger partial charge in [0, 0.05) is 33.2 Å². The van der Waals surface area contributed by atoms with Gasteiger partial charge < -0.3 is 10.6 Å². The van der Waals surface area contributed by atoms with Crippen molar-refractivity contribution < 1.29 is 9.59 Å². The van der Waals surface area contributed by atoms with Crippen LogP contribution >= 0.6 is 31.9 Å². The van der Waals surface area contributed by atoms with Crippen molar-refractivity contribution >= 4 is 55.8 Å². The zero-order valence-electron chi connectivity index (χ0n) is 21.2. The van der Waals surface area contributed by atoms with Gasteiger partial charge in [0.2, 0.25) is 11.8 Å². The second kappa shape index (κ2) is 14.1. The van der Waals surface area contributed by atoms with E-state index in [0.29, 0.717) is 0 Å². The molecule has 2 fully saturated rings. The monoisotopic (exact) mass is 626 g/mol. The maximum absolute atomic E-state index is 12.3. The average molecular weight is 628 g/mol. The number of nitrogens with one attached hydrogen (secondary N) is 2. The first-order valence-corrected chi connectivity index (χ1v) is 15.0. The minimum absolute atomic E-state index is 0.00146. The predicted octanol–water partition coefficient (Wildman–Crippen LogP) is 7.68. The maximum Gasteiger partial charge on any atom is 0.244 e. The fourth-order valence-electron chi connectivity index (χ4n) is 5.55. The highest BCUT2D eigenvalue weighted by Gasteiger charge is 2.27. The molecule has 2 amide bonds. The third-order valence-electron chi connectivity index (χ3n) is 7.65. The van der Waals surface area contributed by atoms with E-state index >= 15 is 0 Å². The summed E-state index contributed by atoms with van der Waals surface area (Å²) in [6, 6.07) is 16.4. The van der Waals surface area contributed by atoms with Crippen molar-refractivity contribution in [2.45, 2.75) is 69.9 Å². The second-order valence-corrected chi connectivity index (χ2v) is 12.3. The van der Waals surface area contributed by atoms with Crippen LogP contribution in [0, 0.1) is 11.8 Å². The minimum Gasteiger partial charge on any atom is -0.350 e. The predicted molar refractivity (Wildman–Crippen MR) is 159 cm³/mol. The van der Waals surface area contributed by atoms with Crippen molar-refractivity contribution in [2.75, 3.05) is 0 Å². The molecule has 4 rings (SSSR count). The summed E-state index contributed by atoms with van der Waals surface area (Å²) in [6.07, 6.45) is 17.3. The van der Waals surface area contributed by atoms with E-state index in [9.17, 15) is 9.59 Å². The van der Waals surface area contributed by atoms with E-state index in [1.807, 2.05) is 60.7 Å². The van der Waals surface area contributed by atoms with Crippen LogP contribution in [0.4, 0.5) is 0 Å². The lowest BCUT2D eigenvalue weighted by molar-refractivity contribution is -0.118. The Morgan fingerprint density at radius 3 is 1.32 bits per heavy atom. The summed E-state index contributed by atoms with van der Waals surface area (Å²) in [5, 5.41) is 6.38. The Labute approximate surface area is 237 Å². The number of hydrogen-bond acceptors (Lipinski definition) is 2. The van der Waals surface area contributed by atoms with Gasteiger partial charge in [-0.05, 0) is 117 Å². The first kappa shape index (κ1) is 27.8. The van der Waals surface area contributed by atoms with Crippen LogP contribution in [0.15, 0.2) is 69.6 Å². The number of halogens is 2. The van der Waals surface area contributed by atoms with Crippen molar-refractivity contribution in [2.24, 2.45) is 11.8 Å². The van der Waals surface area contributed by atoms with Crippen LogP contribution in [-0.4, -0.2) is 23.9 Å². The van der Waals surface area contributed by atoms with Crippen LogP contribution in [0.5, 0.6) is 0 Å². The quantitative estimate of drug-likeness (QED) is 0.295. The summed E-state index contributed by atoms with van der Waals surface area (Å²) in [4.78, 5) is 24.7. The van der Waals surface area contributed by atoms with Crippen LogP contribution in [0.2, 0.25) is 0 Å². The zero-order chi connectivity index (χ0) is 26.0. The molecule has 0 spiro atoms. The van der Waals surface area contributed by atoms with Crippen LogP contribution < -0.4 is 10.6 Å². The third kappa shape index (κ3) is 9.57. The molecule has 2 saturated carbocycles. The molecule has 0 saturated heterocycles. The Kier molecular flexibility index (Phi) is 10.6. The fourth-order valence-corrected chi connectivity index (χ4v) is 6.08. The standard InChI is InChI=1S/C31H36Br2N2O2/c32-26-11-1-22(2-12-26)9-19-30(36)34-28-15-5-24(6-16-28)21-25-7-17-29(18-8-25)35-31(37)20-10-23-3-13-27(33)14-4-23/h1-4,9-14,19-20,24-25,28-29H,5-8,15-18,21H2,(H,34,36)(H,35,37)/b19-9+,20-10+. The van der Waals surface area contributed by atoms with Crippen molar-refractivity contribution in [3.63, 3.8) is 0 Å². The Morgan fingerprint density at radius 1 is 0.622 bits per heavy atom. The summed E-state index contributed by atoms with van der Waals surface area (Å²) < 4.78 is 2.07. The van der Waals surface area contributed by atoms with E-state index in [1.165, 1.54) is 32.1 Å². The highest BCUT2D eigenvalue weighted by atomic mass is 79.9. The summed E-state index contributed by atoms with van der Waals surface area (Å²) in [5.74, 6) is 1.52. The Bertz CT molecular complexity index is 992. The summed E-state index contributed by atoms with van der Waals surface area (Å²) in [5.41, 5.74) is 2.04. The maximum atomic E-state index is 12.3. The molecule has 0 aromatic heterocycles. The SMILES string of the molecule is O=C(/C=C/c1ccc(Br)cc1)NC1CCC(CC2CCC(NC(=O)/C=C/c3ccc(Br)cc3)CC2)CC1. The van der Waals surface area contributed by atoms with Crippen LogP contribution in [0.1, 0.15) is 68.9 Å². The van der Waals surface area contributed by atoms with Gasteiger partial charge in [-0.1, -0.05) is 56.1 Å². The molecule has 2 aliphatic rings. The van der Waals surface area contributed by atoms with E-state index in [0.717, 1.165) is 57.6 Å². The van der Waals surface area contributed by atoms with Crippen LogP contribution in [0.25, 0.3) is 12.2 Å². The number of rotatable bonds is 8. The number of amides is 2. The van der Waals surface area contributed by atoms with Gasteiger partial charge in [0.25, 0.3) is 0 Å². The topological polar surface area (TPSA) is 58.2 Å². The van der Waals surface area contributed by atoms with Crippen molar-refractivity contribution in [1.82, 2.24) is 10.6 Å². The summed E-state index contributed by atoms with van der Waals surface area (Å²) in [7, 11) is 0. The molecular formula is C31H36Br2N2O2. The normalized spacial score (nSPS) is 24.3. The minimum atomic E-state index is -0.00146. The van der Waals surface area contributed by atoms with Gasteiger partial charge in [-0.15, -0.1) is 0 Å². The molecule has 196 valence electrons. The molecule has 2 aromatic carbocycles. The van der Waals surface area contributed by atoms with Crippen molar-refractivity contribution in [3.05, 3.63) is 80.8 Å². The molecule has 2 aromatic rings. The fraction of sp³-hybridized carbons (Fsp3) is 0.419. The largest absolute Gasteiger partial charge is 0.350 e. The molecule has 0 aliphatic heterocycles. The molecule has 0 atom stereocenters. The lowest BCUT2D eigenvalue weighted by Gasteiger charge is -2.34. The highest BCUT2D eigenvalue weighted by Crippen LogP contribution is 2.35. The second-order valence-electron chi connectivity index (χ2n) is 10.5. The molecule has 0 bridgehead atoms. The molecule has 2 aliphatic carbocycles. The average Bonchev–Trinajstić information content (AvgIpc) is 2.90. The first-order valence-electron chi connectivity index (χ1n) is 13.4. The molecule has 0 heterocycles. The summed E-state index contributed by atoms with van der Waals surface area (Å²) in [6.45, 7) is 0. The number of carbonyl (C=O) groups excluding carboxylic acids is 2. The molecule has 4 nitrogen and oxygen atoms in total.